The third kappa shape index (κ3) is 3.40. The van der Waals surface area contributed by atoms with E-state index in [9.17, 15) is 5.11 Å². The fraction of sp³-hybridized carbons (Fsp3) is 0.294. The summed E-state index contributed by atoms with van der Waals surface area (Å²) in [4.78, 5) is 0. The summed E-state index contributed by atoms with van der Waals surface area (Å²) in [6.45, 7) is 2.95. The Morgan fingerprint density at radius 1 is 1.05 bits per heavy atom. The van der Waals surface area contributed by atoms with Crippen molar-refractivity contribution in [2.45, 2.75) is 25.4 Å². The van der Waals surface area contributed by atoms with Crippen LogP contribution in [0.4, 0.5) is 0 Å². The second kappa shape index (κ2) is 7.20. The summed E-state index contributed by atoms with van der Waals surface area (Å²) in [6.07, 6.45) is 0.844. The molecule has 0 aliphatic rings. The molecule has 0 radical (unpaired) electrons. The van der Waals surface area contributed by atoms with Gasteiger partial charge in [-0.25, -0.2) is 0 Å². The van der Waals surface area contributed by atoms with E-state index in [4.69, 9.17) is 0 Å². The highest BCUT2D eigenvalue weighted by Crippen LogP contribution is 2.25. The van der Waals surface area contributed by atoms with E-state index in [0.717, 1.165) is 18.5 Å². The van der Waals surface area contributed by atoms with Gasteiger partial charge in [-0.3, -0.25) is 0 Å². The number of benzene rings is 2. The quantitative estimate of drug-likeness (QED) is 0.749. The Hall–Kier alpha value is -0.910. The average Bonchev–Trinajstić information content (AvgIpc) is 2.51. The zero-order valence-electron chi connectivity index (χ0n) is 11.6. The molecule has 0 aliphatic carbocycles. The van der Waals surface area contributed by atoms with Crippen molar-refractivity contribution in [2.24, 2.45) is 0 Å². The van der Waals surface area contributed by atoms with Crippen molar-refractivity contribution in [2.75, 3.05) is 6.61 Å². The van der Waals surface area contributed by atoms with Gasteiger partial charge in [-0.05, 0) is 46.2 Å². The zero-order chi connectivity index (χ0) is 14.4. The maximum Gasteiger partial charge on any atom is 0.0669 e. The first-order valence-corrected chi connectivity index (χ1v) is 7.94. The predicted molar refractivity (Wildman–Crippen MR) is 91.5 cm³/mol. The minimum Gasteiger partial charge on any atom is -0.394 e. The second-order valence-electron chi connectivity index (χ2n) is 4.90. The molecule has 1 atom stereocenters. The van der Waals surface area contributed by atoms with Gasteiger partial charge in [-0.15, -0.1) is 0 Å². The van der Waals surface area contributed by atoms with Crippen LogP contribution in [0, 0.1) is 3.57 Å². The minimum atomic E-state index is -0.375. The van der Waals surface area contributed by atoms with Crippen LogP contribution >= 0.6 is 22.6 Å². The normalized spacial score (nSPS) is 13.9. The molecule has 0 spiro atoms. The Balaban J connectivity index is 2.20. The Morgan fingerprint density at radius 3 is 2.30 bits per heavy atom. The molecule has 0 heterocycles. The van der Waals surface area contributed by atoms with Gasteiger partial charge in [0, 0.05) is 10.1 Å². The molecule has 2 N–H and O–H groups in total. The summed E-state index contributed by atoms with van der Waals surface area (Å²) >= 11 is 2.35. The number of rotatable bonds is 6. The van der Waals surface area contributed by atoms with Crippen molar-refractivity contribution in [1.29, 1.82) is 0 Å². The number of hydrogen-bond donors (Lipinski definition) is 2. The number of nitrogens with one attached hydrogen (secondary N) is 1. The lowest BCUT2D eigenvalue weighted by atomic mass is 9.87. The van der Waals surface area contributed by atoms with E-state index < -0.39 is 0 Å². The minimum absolute atomic E-state index is 0.0942. The van der Waals surface area contributed by atoms with Crippen LogP contribution in [0.25, 0.3) is 0 Å². The van der Waals surface area contributed by atoms with Gasteiger partial charge in [0.1, 0.15) is 0 Å². The van der Waals surface area contributed by atoms with Crippen LogP contribution < -0.4 is 5.32 Å². The van der Waals surface area contributed by atoms with Gasteiger partial charge in [-0.1, -0.05) is 55.5 Å². The first kappa shape index (κ1) is 15.5. The van der Waals surface area contributed by atoms with Gasteiger partial charge in [0.2, 0.25) is 0 Å². The highest BCUT2D eigenvalue weighted by molar-refractivity contribution is 14.1. The van der Waals surface area contributed by atoms with Crippen LogP contribution in [-0.4, -0.2) is 11.7 Å². The van der Waals surface area contributed by atoms with Crippen LogP contribution in [0.1, 0.15) is 24.5 Å². The number of aliphatic hydroxyl groups excluding tert-OH is 1. The fourth-order valence-corrected chi connectivity index (χ4v) is 2.93. The topological polar surface area (TPSA) is 32.3 Å². The molecule has 2 nitrogen and oxygen atoms in total. The first-order chi connectivity index (χ1) is 9.72. The molecule has 2 rings (SSSR count). The van der Waals surface area contributed by atoms with E-state index >= 15 is 0 Å². The fourth-order valence-electron chi connectivity index (χ4n) is 2.35. The molecule has 0 amide bonds. The van der Waals surface area contributed by atoms with Crippen molar-refractivity contribution in [1.82, 2.24) is 5.32 Å². The maximum absolute atomic E-state index is 9.91. The molecule has 20 heavy (non-hydrogen) atoms. The van der Waals surface area contributed by atoms with Gasteiger partial charge in [0.15, 0.2) is 0 Å². The van der Waals surface area contributed by atoms with Gasteiger partial charge in [-0.2, -0.15) is 0 Å². The van der Waals surface area contributed by atoms with E-state index in [0.29, 0.717) is 0 Å². The molecule has 0 unspecified atom stereocenters. The molecule has 2 aromatic carbocycles. The predicted octanol–water partition coefficient (Wildman–Crippen LogP) is 3.68. The summed E-state index contributed by atoms with van der Waals surface area (Å²) in [5, 5.41) is 13.5. The molecule has 0 saturated heterocycles. The number of aliphatic hydroxyl groups is 1. The van der Waals surface area contributed by atoms with Crippen molar-refractivity contribution < 1.29 is 5.11 Å². The summed E-state index contributed by atoms with van der Waals surface area (Å²) in [6, 6.07) is 18.5. The van der Waals surface area contributed by atoms with Gasteiger partial charge < -0.3 is 10.4 Å². The van der Waals surface area contributed by atoms with E-state index in [-0.39, 0.29) is 12.1 Å². The van der Waals surface area contributed by atoms with Crippen LogP contribution in [0.15, 0.2) is 54.6 Å². The van der Waals surface area contributed by atoms with Crippen molar-refractivity contribution >= 4 is 22.6 Å². The number of halogens is 1. The standard InChI is InChI=1S/C17H20INO/c1-2-17(13-20,15-9-4-3-5-10-15)19-12-14-8-6-7-11-16(14)18/h3-11,19-20H,2,12-13H2,1H3/t17-/m1/s1. The smallest absolute Gasteiger partial charge is 0.0669 e. The summed E-state index contributed by atoms with van der Waals surface area (Å²) in [5.41, 5.74) is 2.02. The molecule has 0 aromatic heterocycles. The Labute approximate surface area is 134 Å². The van der Waals surface area contributed by atoms with Gasteiger partial charge in [0.25, 0.3) is 0 Å². The molecule has 106 valence electrons. The molecule has 3 heteroatoms. The largest absolute Gasteiger partial charge is 0.394 e. The second-order valence-corrected chi connectivity index (χ2v) is 6.07. The molecule has 0 fully saturated rings. The van der Waals surface area contributed by atoms with Crippen LogP contribution in [0.5, 0.6) is 0 Å². The van der Waals surface area contributed by atoms with E-state index in [2.05, 4.69) is 59.1 Å². The third-order valence-corrected chi connectivity index (χ3v) is 4.83. The average molecular weight is 381 g/mol. The van der Waals surface area contributed by atoms with Crippen LogP contribution in [0.3, 0.4) is 0 Å². The molecule has 2 aromatic rings. The van der Waals surface area contributed by atoms with Gasteiger partial charge in [0.05, 0.1) is 12.1 Å². The van der Waals surface area contributed by atoms with E-state index in [1.165, 1.54) is 9.13 Å². The number of hydrogen-bond acceptors (Lipinski definition) is 2. The molecular weight excluding hydrogens is 361 g/mol. The molecule has 0 aliphatic heterocycles. The SMILES string of the molecule is CC[C@](CO)(NCc1ccccc1I)c1ccccc1. The Kier molecular flexibility index (Phi) is 5.57. The highest BCUT2D eigenvalue weighted by atomic mass is 127. The third-order valence-electron chi connectivity index (χ3n) is 3.77. The van der Waals surface area contributed by atoms with Gasteiger partial charge >= 0.3 is 0 Å². The lowest BCUT2D eigenvalue weighted by molar-refractivity contribution is 0.153. The van der Waals surface area contributed by atoms with Crippen molar-refractivity contribution in [3.05, 3.63) is 69.3 Å². The Morgan fingerprint density at radius 2 is 1.70 bits per heavy atom. The lowest BCUT2D eigenvalue weighted by Crippen LogP contribution is -2.44. The zero-order valence-corrected chi connectivity index (χ0v) is 13.8. The molecular formula is C17H20INO. The lowest BCUT2D eigenvalue weighted by Gasteiger charge is -2.33. The molecule has 0 bridgehead atoms. The first-order valence-electron chi connectivity index (χ1n) is 6.86. The van der Waals surface area contributed by atoms with E-state index in [1.54, 1.807) is 0 Å². The van der Waals surface area contributed by atoms with Crippen LogP contribution in [0.2, 0.25) is 0 Å². The summed E-state index contributed by atoms with van der Waals surface area (Å²) < 4.78 is 1.24. The maximum atomic E-state index is 9.91. The van der Waals surface area contributed by atoms with Crippen molar-refractivity contribution in [3.8, 4) is 0 Å². The van der Waals surface area contributed by atoms with E-state index in [1.807, 2.05) is 30.3 Å². The monoisotopic (exact) mass is 381 g/mol. The summed E-state index contributed by atoms with van der Waals surface area (Å²) in [7, 11) is 0. The Bertz CT molecular complexity index is 538. The summed E-state index contributed by atoms with van der Waals surface area (Å²) in [5.74, 6) is 0. The van der Waals surface area contributed by atoms with Crippen LogP contribution in [-0.2, 0) is 12.1 Å². The highest BCUT2D eigenvalue weighted by Gasteiger charge is 2.28. The van der Waals surface area contributed by atoms with Crippen molar-refractivity contribution in [3.63, 3.8) is 0 Å². The molecule has 0 saturated carbocycles.